The van der Waals surface area contributed by atoms with Gasteiger partial charge in [0.15, 0.2) is 6.61 Å². The van der Waals surface area contributed by atoms with Crippen molar-refractivity contribution in [2.45, 2.75) is 11.8 Å². The Labute approximate surface area is 155 Å². The minimum absolute atomic E-state index is 0.0837. The Kier molecular flexibility index (Phi) is 6.35. The van der Waals surface area contributed by atoms with Gasteiger partial charge in [0.2, 0.25) is 10.0 Å². The Morgan fingerprint density at radius 2 is 2.08 bits per heavy atom. The molecule has 1 amide bonds. The number of nitrogens with one attached hydrogen (secondary N) is 2. The molecule has 0 radical (unpaired) electrons. The third-order valence-electron chi connectivity index (χ3n) is 3.16. The number of halogens is 1. The molecule has 0 fully saturated rings. The van der Waals surface area contributed by atoms with Crippen molar-refractivity contribution < 1.29 is 22.7 Å². The Morgan fingerprint density at radius 3 is 2.69 bits per heavy atom. The number of esters is 1. The molecule has 1 aromatic carbocycles. The van der Waals surface area contributed by atoms with Crippen LogP contribution < -0.4 is 10.0 Å². The molecule has 1 aromatic heterocycles. The lowest BCUT2D eigenvalue weighted by Gasteiger charge is -2.09. The number of amides is 1. The van der Waals surface area contributed by atoms with Gasteiger partial charge in [0.05, 0.1) is 16.9 Å². The quantitative estimate of drug-likeness (QED) is 0.665. The summed E-state index contributed by atoms with van der Waals surface area (Å²) < 4.78 is 32.0. The largest absolute Gasteiger partial charge is 0.455 e. The average molecular weight is 401 g/mol. The van der Waals surface area contributed by atoms with Crippen molar-refractivity contribution in [3.8, 4) is 0 Å². The van der Waals surface area contributed by atoms with Gasteiger partial charge in [-0.05, 0) is 24.6 Å². The number of anilines is 1. The number of aromatic nitrogens is 2. The molecule has 11 heteroatoms. The van der Waals surface area contributed by atoms with Crippen LogP contribution in [0.5, 0.6) is 0 Å². The summed E-state index contributed by atoms with van der Waals surface area (Å²) in [6.07, 6.45) is 2.43. The molecule has 0 unspecified atom stereocenters. The number of hydrogen-bond acceptors (Lipinski definition) is 6. The molecule has 2 N–H and O–H groups in total. The number of rotatable bonds is 7. The second kappa shape index (κ2) is 8.30. The Hall–Kier alpha value is -2.43. The highest BCUT2D eigenvalue weighted by atomic mass is 35.5. The molecule has 0 atom stereocenters. The van der Waals surface area contributed by atoms with Crippen LogP contribution in [0.15, 0.2) is 35.5 Å². The van der Waals surface area contributed by atoms with Crippen molar-refractivity contribution >= 4 is 39.2 Å². The fourth-order valence-corrected chi connectivity index (χ4v) is 3.11. The van der Waals surface area contributed by atoms with Crippen molar-refractivity contribution in [2.75, 3.05) is 18.5 Å². The molecular weight excluding hydrogens is 384 g/mol. The van der Waals surface area contributed by atoms with E-state index in [9.17, 15) is 18.0 Å². The van der Waals surface area contributed by atoms with Crippen LogP contribution in [0.4, 0.5) is 5.69 Å². The number of carbonyl (C=O) groups excluding carboxylic acids is 2. The molecule has 0 aliphatic carbocycles. The first-order valence-corrected chi connectivity index (χ1v) is 9.23. The fourth-order valence-electron chi connectivity index (χ4n) is 1.88. The van der Waals surface area contributed by atoms with E-state index >= 15 is 0 Å². The first kappa shape index (κ1) is 19.9. The summed E-state index contributed by atoms with van der Waals surface area (Å²) in [6, 6.07) is 5.07. The number of benzene rings is 1. The molecule has 0 saturated carbocycles. The Bertz CT molecular complexity index is 926. The number of sulfonamides is 1. The minimum atomic E-state index is -3.88. The second-order valence-corrected chi connectivity index (χ2v) is 7.54. The lowest BCUT2D eigenvalue weighted by atomic mass is 10.2. The van der Waals surface area contributed by atoms with Gasteiger partial charge in [-0.1, -0.05) is 17.7 Å². The van der Waals surface area contributed by atoms with E-state index in [0.29, 0.717) is 10.7 Å². The topological polar surface area (TPSA) is 119 Å². The summed E-state index contributed by atoms with van der Waals surface area (Å²) in [7, 11) is -2.32. The van der Waals surface area contributed by atoms with E-state index in [-0.39, 0.29) is 4.90 Å². The van der Waals surface area contributed by atoms with Crippen LogP contribution in [0.25, 0.3) is 0 Å². The first-order valence-electron chi connectivity index (χ1n) is 7.37. The molecular formula is C15H17ClN4O5S. The van der Waals surface area contributed by atoms with Gasteiger partial charge in [0, 0.05) is 13.2 Å². The first-order chi connectivity index (χ1) is 12.2. The normalized spacial score (nSPS) is 11.2. The van der Waals surface area contributed by atoms with Crippen LogP contribution in [-0.4, -0.2) is 43.2 Å². The standard InChI is InChI=1S/C15H17ClN4O5S/c1-10-3-4-13(12(16)5-10)19-14(21)9-25-15(22)7-18-26(23,24)11-6-17-20(2)8-11/h3-6,8,18H,7,9H2,1-2H3,(H,19,21). The smallest absolute Gasteiger partial charge is 0.321 e. The molecule has 140 valence electrons. The van der Waals surface area contributed by atoms with Crippen molar-refractivity contribution in [3.05, 3.63) is 41.2 Å². The lowest BCUT2D eigenvalue weighted by molar-refractivity contribution is -0.146. The zero-order valence-corrected chi connectivity index (χ0v) is 15.6. The predicted octanol–water partition coefficient (Wildman–Crippen LogP) is 0.842. The summed E-state index contributed by atoms with van der Waals surface area (Å²) in [4.78, 5) is 23.3. The van der Waals surface area contributed by atoms with Gasteiger partial charge in [-0.25, -0.2) is 8.42 Å². The number of carbonyl (C=O) groups is 2. The molecule has 0 aliphatic heterocycles. The molecule has 9 nitrogen and oxygen atoms in total. The monoisotopic (exact) mass is 400 g/mol. The maximum Gasteiger partial charge on any atom is 0.321 e. The summed E-state index contributed by atoms with van der Waals surface area (Å²) in [5.74, 6) is -1.50. The minimum Gasteiger partial charge on any atom is -0.455 e. The molecule has 2 rings (SSSR count). The summed E-state index contributed by atoms with van der Waals surface area (Å²) in [6.45, 7) is 0.666. The fraction of sp³-hybridized carbons (Fsp3) is 0.267. The van der Waals surface area contributed by atoms with Crippen molar-refractivity contribution in [1.82, 2.24) is 14.5 Å². The van der Waals surface area contributed by atoms with E-state index in [1.807, 2.05) is 6.92 Å². The zero-order chi connectivity index (χ0) is 19.3. The van der Waals surface area contributed by atoms with Gasteiger partial charge in [-0.2, -0.15) is 9.82 Å². The molecule has 0 bridgehead atoms. The van der Waals surface area contributed by atoms with Crippen LogP contribution in [0.2, 0.25) is 5.02 Å². The van der Waals surface area contributed by atoms with Crippen LogP contribution in [0.3, 0.4) is 0 Å². The van der Waals surface area contributed by atoms with Gasteiger partial charge in [0.25, 0.3) is 5.91 Å². The third-order valence-corrected chi connectivity index (χ3v) is 4.83. The summed E-state index contributed by atoms with van der Waals surface area (Å²) >= 11 is 5.99. The lowest BCUT2D eigenvalue weighted by Crippen LogP contribution is -2.32. The highest BCUT2D eigenvalue weighted by Gasteiger charge is 2.18. The van der Waals surface area contributed by atoms with E-state index in [2.05, 4.69) is 15.1 Å². The highest BCUT2D eigenvalue weighted by Crippen LogP contribution is 2.22. The molecule has 0 spiro atoms. The maximum absolute atomic E-state index is 11.9. The maximum atomic E-state index is 11.9. The summed E-state index contributed by atoms with van der Waals surface area (Å²) in [5.41, 5.74) is 1.32. The third kappa shape index (κ3) is 5.55. The van der Waals surface area contributed by atoms with E-state index in [1.54, 1.807) is 25.2 Å². The van der Waals surface area contributed by atoms with Gasteiger partial charge < -0.3 is 10.1 Å². The van der Waals surface area contributed by atoms with Crippen molar-refractivity contribution in [2.24, 2.45) is 7.05 Å². The number of ether oxygens (including phenoxy) is 1. The summed E-state index contributed by atoms with van der Waals surface area (Å²) in [5, 5.41) is 6.59. The van der Waals surface area contributed by atoms with Gasteiger partial charge in [-0.15, -0.1) is 0 Å². The van der Waals surface area contributed by atoms with Crippen molar-refractivity contribution in [3.63, 3.8) is 0 Å². The van der Waals surface area contributed by atoms with E-state index in [0.717, 1.165) is 11.8 Å². The Balaban J connectivity index is 1.80. The molecule has 2 aromatic rings. The highest BCUT2D eigenvalue weighted by molar-refractivity contribution is 7.89. The second-order valence-electron chi connectivity index (χ2n) is 5.37. The number of hydrogen-bond donors (Lipinski definition) is 2. The average Bonchev–Trinajstić information content (AvgIpc) is 3.01. The molecule has 0 aliphatic rings. The van der Waals surface area contributed by atoms with E-state index in [1.165, 1.54) is 10.9 Å². The van der Waals surface area contributed by atoms with Crippen LogP contribution >= 0.6 is 11.6 Å². The van der Waals surface area contributed by atoms with E-state index in [4.69, 9.17) is 16.3 Å². The van der Waals surface area contributed by atoms with Crippen LogP contribution in [0.1, 0.15) is 5.56 Å². The molecule has 26 heavy (non-hydrogen) atoms. The number of aryl methyl sites for hydroxylation is 2. The molecule has 0 saturated heterocycles. The molecule has 1 heterocycles. The van der Waals surface area contributed by atoms with Gasteiger partial charge in [-0.3, -0.25) is 14.3 Å². The zero-order valence-electron chi connectivity index (χ0n) is 14.0. The van der Waals surface area contributed by atoms with E-state index < -0.39 is 35.1 Å². The predicted molar refractivity (Wildman–Crippen MR) is 94.2 cm³/mol. The van der Waals surface area contributed by atoms with Gasteiger partial charge in [0.1, 0.15) is 11.4 Å². The SMILES string of the molecule is Cc1ccc(NC(=O)COC(=O)CNS(=O)(=O)c2cnn(C)c2)c(Cl)c1. The van der Waals surface area contributed by atoms with Crippen LogP contribution in [-0.2, 0) is 31.4 Å². The van der Waals surface area contributed by atoms with Crippen molar-refractivity contribution in [1.29, 1.82) is 0 Å². The Morgan fingerprint density at radius 1 is 1.35 bits per heavy atom. The number of nitrogens with zero attached hydrogens (tertiary/aromatic N) is 2. The van der Waals surface area contributed by atoms with Gasteiger partial charge >= 0.3 is 5.97 Å². The van der Waals surface area contributed by atoms with Crippen LogP contribution in [0, 0.1) is 6.92 Å².